The number of amides is 4. The molecule has 3 saturated heterocycles. The number of phenolic OH excluding ortho intramolecular Hbond substituents is 1. The van der Waals surface area contributed by atoms with Gasteiger partial charge in [-0.05, 0) is 87.4 Å². The summed E-state index contributed by atoms with van der Waals surface area (Å²) in [6.45, 7) is 11.7. The van der Waals surface area contributed by atoms with Crippen LogP contribution in [0.5, 0.6) is 5.75 Å². The number of piperazine rings is 1. The topological polar surface area (TPSA) is 154 Å². The lowest BCUT2D eigenvalue weighted by Crippen LogP contribution is -2.56. The first-order valence-corrected chi connectivity index (χ1v) is 21.0. The van der Waals surface area contributed by atoms with E-state index < -0.39 is 12.2 Å². The normalized spacial score (nSPS) is 19.3. The van der Waals surface area contributed by atoms with Crippen LogP contribution in [-0.2, 0) is 41.4 Å². The van der Waals surface area contributed by atoms with Crippen LogP contribution < -0.4 is 5.32 Å². The van der Waals surface area contributed by atoms with Gasteiger partial charge in [-0.1, -0.05) is 30.3 Å². The molecule has 2 aromatic rings. The second kappa shape index (κ2) is 21.0. The highest BCUT2D eigenvalue weighted by Gasteiger charge is 2.36. The molecule has 2 N–H and O–H groups in total. The number of carbonyl (C=O) groups excluding carboxylic acids is 4. The molecule has 4 aliphatic heterocycles. The number of hydrogen-bond acceptors (Lipinski definition) is 11. The fraction of sp³-hybridized carbons (Fsp3) is 0.628. The minimum absolute atomic E-state index is 0.00601. The Kier molecular flexibility index (Phi) is 15.6. The van der Waals surface area contributed by atoms with Crippen molar-refractivity contribution in [2.75, 3.05) is 104 Å². The maximum atomic E-state index is 14.2. The standard InChI is InChI=1S/C43H62N6O9/c1-31-28-33(29-32(2)40(31)51)30-38(58-43(54)48-17-11-36(12-18-48)49-19-8-34-6-4-5-7-37(34)44-42(49)53)41(52)47-22-20-46(21-23-47)35-9-14-45(15-10-35)16-13-39(50)57-27-26-56-25-24-55-3/h4-7,28-29,35-36,38,51H,8-27,30H2,1-3H3,(H,44,53)/t38-/m1/s1. The Bertz CT molecular complexity index is 1680. The number of benzene rings is 2. The summed E-state index contributed by atoms with van der Waals surface area (Å²) < 4.78 is 21.7. The quantitative estimate of drug-likeness (QED) is 0.200. The Balaban J connectivity index is 0.978. The summed E-state index contributed by atoms with van der Waals surface area (Å²) in [6.07, 6.45) is 2.98. The lowest BCUT2D eigenvalue weighted by molar-refractivity contribution is -0.146. The largest absolute Gasteiger partial charge is 0.507 e. The van der Waals surface area contributed by atoms with Crippen LogP contribution >= 0.6 is 0 Å². The molecular formula is C43H62N6O9. The number of aromatic hydroxyl groups is 1. The van der Waals surface area contributed by atoms with Crippen LogP contribution in [0.25, 0.3) is 0 Å². The number of nitrogens with one attached hydrogen (secondary N) is 1. The fourth-order valence-corrected chi connectivity index (χ4v) is 8.65. The number of nitrogens with zero attached hydrogens (tertiary/aromatic N) is 5. The molecule has 0 bridgehead atoms. The average molecular weight is 807 g/mol. The van der Waals surface area contributed by atoms with Crippen molar-refractivity contribution < 1.29 is 43.2 Å². The molecule has 2 aromatic carbocycles. The first kappa shape index (κ1) is 43.1. The second-order valence-electron chi connectivity index (χ2n) is 15.9. The van der Waals surface area contributed by atoms with Crippen molar-refractivity contribution in [3.63, 3.8) is 0 Å². The van der Waals surface area contributed by atoms with Crippen LogP contribution in [0.4, 0.5) is 15.3 Å². The van der Waals surface area contributed by atoms with Crippen molar-refractivity contribution in [3.8, 4) is 5.75 Å². The van der Waals surface area contributed by atoms with Gasteiger partial charge >= 0.3 is 18.1 Å². The molecule has 6 rings (SSSR count). The maximum absolute atomic E-state index is 14.2. The summed E-state index contributed by atoms with van der Waals surface area (Å²) in [5.74, 6) is -0.211. The molecule has 4 amide bonds. The van der Waals surface area contributed by atoms with Crippen LogP contribution in [0.15, 0.2) is 36.4 Å². The first-order chi connectivity index (χ1) is 28.1. The van der Waals surface area contributed by atoms with Crippen LogP contribution in [0, 0.1) is 13.8 Å². The Labute approximate surface area is 342 Å². The van der Waals surface area contributed by atoms with Gasteiger partial charge in [-0.3, -0.25) is 14.5 Å². The fourth-order valence-electron chi connectivity index (χ4n) is 8.65. The lowest BCUT2D eigenvalue weighted by atomic mass is 10.00. The van der Waals surface area contributed by atoms with Gasteiger partial charge in [-0.2, -0.15) is 0 Å². The number of likely N-dealkylation sites (tertiary alicyclic amines) is 2. The average Bonchev–Trinajstić information content (AvgIpc) is 3.41. The summed E-state index contributed by atoms with van der Waals surface area (Å²) in [6, 6.07) is 11.8. The predicted molar refractivity (Wildman–Crippen MR) is 218 cm³/mol. The van der Waals surface area contributed by atoms with E-state index in [9.17, 15) is 24.3 Å². The molecule has 0 unspecified atom stereocenters. The van der Waals surface area contributed by atoms with Gasteiger partial charge in [-0.25, -0.2) is 9.59 Å². The number of fused-ring (bicyclic) bond motifs is 1. The zero-order valence-corrected chi connectivity index (χ0v) is 34.5. The summed E-state index contributed by atoms with van der Waals surface area (Å²) >= 11 is 0. The molecule has 318 valence electrons. The number of piperidine rings is 2. The van der Waals surface area contributed by atoms with Gasteiger partial charge in [0.1, 0.15) is 12.4 Å². The number of esters is 1. The number of aryl methyl sites for hydroxylation is 2. The number of methoxy groups -OCH3 is 1. The molecular weight excluding hydrogens is 745 g/mol. The highest BCUT2D eigenvalue weighted by Crippen LogP contribution is 2.27. The van der Waals surface area contributed by atoms with E-state index in [4.69, 9.17) is 18.9 Å². The Morgan fingerprint density at radius 1 is 0.828 bits per heavy atom. The number of phenols is 1. The number of para-hydroxylation sites is 1. The molecule has 0 aromatic heterocycles. The number of hydrogen-bond donors (Lipinski definition) is 2. The van der Waals surface area contributed by atoms with E-state index in [0.29, 0.717) is 95.5 Å². The molecule has 4 heterocycles. The first-order valence-electron chi connectivity index (χ1n) is 21.0. The second-order valence-corrected chi connectivity index (χ2v) is 15.9. The number of rotatable bonds is 15. The van der Waals surface area contributed by atoms with Gasteiger partial charge < -0.3 is 49.0 Å². The van der Waals surface area contributed by atoms with Crippen molar-refractivity contribution >= 4 is 29.7 Å². The summed E-state index contributed by atoms with van der Waals surface area (Å²) in [5.41, 5.74) is 4.18. The van der Waals surface area contributed by atoms with Gasteiger partial charge in [-0.15, -0.1) is 0 Å². The third kappa shape index (κ3) is 11.6. The van der Waals surface area contributed by atoms with E-state index in [1.807, 2.05) is 60.0 Å². The Morgan fingerprint density at radius 3 is 2.21 bits per heavy atom. The van der Waals surface area contributed by atoms with Crippen LogP contribution in [0.2, 0.25) is 0 Å². The van der Waals surface area contributed by atoms with E-state index in [1.165, 1.54) is 0 Å². The van der Waals surface area contributed by atoms with E-state index in [1.54, 1.807) is 12.0 Å². The molecule has 4 aliphatic rings. The van der Waals surface area contributed by atoms with Gasteiger partial charge in [0.05, 0.1) is 26.2 Å². The monoisotopic (exact) mass is 806 g/mol. The van der Waals surface area contributed by atoms with Crippen molar-refractivity contribution in [2.24, 2.45) is 0 Å². The third-order valence-corrected chi connectivity index (χ3v) is 12.0. The van der Waals surface area contributed by atoms with Gasteiger partial charge in [0, 0.05) is 83.7 Å². The van der Waals surface area contributed by atoms with E-state index in [-0.39, 0.29) is 42.7 Å². The maximum Gasteiger partial charge on any atom is 0.410 e. The smallest absolute Gasteiger partial charge is 0.410 e. The summed E-state index contributed by atoms with van der Waals surface area (Å²) in [5, 5.41) is 13.5. The van der Waals surface area contributed by atoms with E-state index in [0.717, 1.165) is 62.3 Å². The zero-order valence-electron chi connectivity index (χ0n) is 34.5. The van der Waals surface area contributed by atoms with Crippen LogP contribution in [0.1, 0.15) is 54.4 Å². The van der Waals surface area contributed by atoms with Crippen molar-refractivity contribution in [1.82, 2.24) is 24.5 Å². The van der Waals surface area contributed by atoms with Gasteiger partial charge in [0.15, 0.2) is 6.10 Å². The zero-order chi connectivity index (χ0) is 41.0. The molecule has 3 fully saturated rings. The van der Waals surface area contributed by atoms with Gasteiger partial charge in [0.2, 0.25) is 0 Å². The van der Waals surface area contributed by atoms with Crippen LogP contribution in [-0.4, -0.2) is 171 Å². The molecule has 0 aliphatic carbocycles. The number of carbonyl (C=O) groups is 4. The predicted octanol–water partition coefficient (Wildman–Crippen LogP) is 3.82. The van der Waals surface area contributed by atoms with Crippen molar-refractivity contribution in [3.05, 3.63) is 58.7 Å². The van der Waals surface area contributed by atoms with E-state index >= 15 is 0 Å². The molecule has 0 radical (unpaired) electrons. The molecule has 0 spiro atoms. The summed E-state index contributed by atoms with van der Waals surface area (Å²) in [4.78, 5) is 63.4. The Morgan fingerprint density at radius 2 is 1.50 bits per heavy atom. The number of ether oxygens (including phenoxy) is 4. The highest BCUT2D eigenvalue weighted by atomic mass is 16.6. The minimum Gasteiger partial charge on any atom is -0.507 e. The number of anilines is 1. The highest BCUT2D eigenvalue weighted by molar-refractivity contribution is 5.91. The molecule has 15 nitrogen and oxygen atoms in total. The van der Waals surface area contributed by atoms with Crippen LogP contribution in [0.3, 0.4) is 0 Å². The number of urea groups is 1. The molecule has 58 heavy (non-hydrogen) atoms. The lowest BCUT2D eigenvalue weighted by Gasteiger charge is -2.43. The summed E-state index contributed by atoms with van der Waals surface area (Å²) in [7, 11) is 1.61. The SMILES string of the molecule is COCCOCCOC(=O)CCN1CCC(N2CCN(C(=O)[C@@H](Cc3cc(C)c(O)c(C)c3)OC(=O)N3CCC(N4CCc5ccccc5NC4=O)CC3)CC2)CC1. The molecule has 15 heteroatoms. The van der Waals surface area contributed by atoms with E-state index in [2.05, 4.69) is 15.1 Å². The van der Waals surface area contributed by atoms with Crippen molar-refractivity contribution in [2.45, 2.75) is 77.0 Å². The van der Waals surface area contributed by atoms with Crippen molar-refractivity contribution in [1.29, 1.82) is 0 Å². The molecule has 0 saturated carbocycles. The third-order valence-electron chi connectivity index (χ3n) is 12.0. The Hall–Kier alpha value is -4.44. The minimum atomic E-state index is -1.02. The van der Waals surface area contributed by atoms with Gasteiger partial charge in [0.25, 0.3) is 5.91 Å². The molecule has 1 atom stereocenters.